The Morgan fingerprint density at radius 2 is 2.07 bits per heavy atom. The average Bonchev–Trinajstić information content (AvgIpc) is 3.28. The number of hydrogen-bond acceptors (Lipinski definition) is 5. The van der Waals surface area contributed by atoms with Crippen LogP contribution in [0.3, 0.4) is 0 Å². The summed E-state index contributed by atoms with van der Waals surface area (Å²) >= 11 is 0. The van der Waals surface area contributed by atoms with Gasteiger partial charge in [0.1, 0.15) is 12.7 Å². The zero-order chi connectivity index (χ0) is 19.2. The zero-order valence-corrected chi connectivity index (χ0v) is 15.4. The molecular weight excluding hydrogens is 356 g/mol. The van der Waals surface area contributed by atoms with Crippen LogP contribution < -0.4 is 5.32 Å². The normalized spacial score (nSPS) is 16.7. The summed E-state index contributed by atoms with van der Waals surface area (Å²) in [7, 11) is 0. The predicted molar refractivity (Wildman–Crippen MR) is 104 cm³/mol. The van der Waals surface area contributed by atoms with E-state index in [-0.39, 0.29) is 12.1 Å². The van der Waals surface area contributed by atoms with Crippen LogP contribution in [0.15, 0.2) is 61.3 Å². The van der Waals surface area contributed by atoms with Crippen molar-refractivity contribution in [2.45, 2.75) is 25.6 Å². The van der Waals surface area contributed by atoms with Gasteiger partial charge in [-0.1, -0.05) is 12.1 Å². The van der Waals surface area contributed by atoms with Crippen LogP contribution >= 0.6 is 0 Å². The first-order chi connectivity index (χ1) is 13.8. The SMILES string of the molecule is O=C(Nc1cccc(-n2cnnc2)c1)N1CCC[C@H](OCc2ccccn2)C1. The van der Waals surface area contributed by atoms with Crippen molar-refractivity contribution in [3.8, 4) is 5.69 Å². The number of carbonyl (C=O) groups is 1. The molecule has 2 aromatic heterocycles. The highest BCUT2D eigenvalue weighted by Crippen LogP contribution is 2.18. The van der Waals surface area contributed by atoms with Gasteiger partial charge in [-0.15, -0.1) is 10.2 Å². The molecule has 1 aliphatic heterocycles. The van der Waals surface area contributed by atoms with Crippen molar-refractivity contribution >= 4 is 11.7 Å². The van der Waals surface area contributed by atoms with Gasteiger partial charge in [-0.2, -0.15) is 0 Å². The Kier molecular flexibility index (Phi) is 5.58. The van der Waals surface area contributed by atoms with Crippen molar-refractivity contribution < 1.29 is 9.53 Å². The standard InChI is InChI=1S/C20H22N6O2/c27-20(24-16-6-3-7-18(11-16)26-14-22-23-15-26)25-10-4-8-19(12-25)28-13-17-5-1-2-9-21-17/h1-3,5-7,9,11,14-15,19H,4,8,10,12-13H2,(H,24,27)/t19-/m0/s1. The van der Waals surface area contributed by atoms with Crippen molar-refractivity contribution in [2.75, 3.05) is 18.4 Å². The molecule has 8 heteroatoms. The number of piperidine rings is 1. The van der Waals surface area contributed by atoms with Crippen LogP contribution in [0.2, 0.25) is 0 Å². The van der Waals surface area contributed by atoms with E-state index in [1.807, 2.05) is 42.5 Å². The summed E-state index contributed by atoms with van der Waals surface area (Å²) in [4.78, 5) is 18.8. The van der Waals surface area contributed by atoms with E-state index in [0.717, 1.165) is 36.5 Å². The smallest absolute Gasteiger partial charge is 0.321 e. The number of amides is 2. The number of pyridine rings is 1. The molecule has 1 aliphatic rings. The summed E-state index contributed by atoms with van der Waals surface area (Å²) in [5.41, 5.74) is 2.51. The van der Waals surface area contributed by atoms with Crippen LogP contribution in [-0.2, 0) is 11.3 Å². The maximum absolute atomic E-state index is 12.7. The molecule has 1 atom stereocenters. The van der Waals surface area contributed by atoms with E-state index in [4.69, 9.17) is 4.74 Å². The Hall–Kier alpha value is -3.26. The van der Waals surface area contributed by atoms with Crippen molar-refractivity contribution in [1.29, 1.82) is 0 Å². The van der Waals surface area contributed by atoms with E-state index >= 15 is 0 Å². The molecule has 0 radical (unpaired) electrons. The van der Waals surface area contributed by atoms with Crippen LogP contribution in [0.1, 0.15) is 18.5 Å². The molecule has 2 amide bonds. The van der Waals surface area contributed by atoms with E-state index < -0.39 is 0 Å². The lowest BCUT2D eigenvalue weighted by Gasteiger charge is -2.32. The van der Waals surface area contributed by atoms with E-state index in [2.05, 4.69) is 20.5 Å². The number of ether oxygens (including phenoxy) is 1. The lowest BCUT2D eigenvalue weighted by Crippen LogP contribution is -2.45. The second-order valence-electron chi connectivity index (χ2n) is 6.69. The number of nitrogens with one attached hydrogen (secondary N) is 1. The molecule has 0 saturated carbocycles. The first-order valence-corrected chi connectivity index (χ1v) is 9.30. The van der Waals surface area contributed by atoms with E-state index in [9.17, 15) is 4.79 Å². The number of aromatic nitrogens is 4. The summed E-state index contributed by atoms with van der Waals surface area (Å²) in [5.74, 6) is 0. The number of likely N-dealkylation sites (tertiary alicyclic amines) is 1. The van der Waals surface area contributed by atoms with Gasteiger partial charge < -0.3 is 15.0 Å². The van der Waals surface area contributed by atoms with Crippen LogP contribution in [0.5, 0.6) is 0 Å². The molecule has 8 nitrogen and oxygen atoms in total. The third kappa shape index (κ3) is 4.52. The first kappa shape index (κ1) is 18.1. The highest BCUT2D eigenvalue weighted by molar-refractivity contribution is 5.89. The minimum atomic E-state index is -0.118. The third-order valence-corrected chi connectivity index (χ3v) is 4.67. The lowest BCUT2D eigenvalue weighted by atomic mass is 10.1. The molecule has 28 heavy (non-hydrogen) atoms. The number of urea groups is 1. The number of rotatable bonds is 5. The zero-order valence-electron chi connectivity index (χ0n) is 15.4. The molecule has 1 N–H and O–H groups in total. The summed E-state index contributed by atoms with van der Waals surface area (Å²) in [6.07, 6.45) is 6.88. The van der Waals surface area contributed by atoms with Crippen LogP contribution in [0.4, 0.5) is 10.5 Å². The molecule has 4 rings (SSSR count). The van der Waals surface area contributed by atoms with Gasteiger partial charge >= 0.3 is 6.03 Å². The quantitative estimate of drug-likeness (QED) is 0.738. The highest BCUT2D eigenvalue weighted by Gasteiger charge is 2.24. The Morgan fingerprint density at radius 3 is 2.89 bits per heavy atom. The van der Waals surface area contributed by atoms with Crippen molar-refractivity contribution in [1.82, 2.24) is 24.6 Å². The predicted octanol–water partition coefficient (Wildman–Crippen LogP) is 2.88. The Balaban J connectivity index is 1.33. The molecule has 1 aromatic carbocycles. The first-order valence-electron chi connectivity index (χ1n) is 9.30. The molecule has 144 valence electrons. The third-order valence-electron chi connectivity index (χ3n) is 4.67. The van der Waals surface area contributed by atoms with E-state index in [1.165, 1.54) is 0 Å². The second kappa shape index (κ2) is 8.62. The Labute approximate surface area is 163 Å². The summed E-state index contributed by atoms with van der Waals surface area (Å²) in [5, 5.41) is 10.6. The maximum atomic E-state index is 12.7. The van der Waals surface area contributed by atoms with Gasteiger partial charge in [0.15, 0.2) is 0 Å². The van der Waals surface area contributed by atoms with Crippen LogP contribution in [-0.4, -0.2) is 49.9 Å². The summed E-state index contributed by atoms with van der Waals surface area (Å²) in [6.45, 7) is 1.76. The van der Waals surface area contributed by atoms with Gasteiger partial charge in [0.05, 0.1) is 24.1 Å². The highest BCUT2D eigenvalue weighted by atomic mass is 16.5. The number of hydrogen-bond donors (Lipinski definition) is 1. The summed E-state index contributed by atoms with van der Waals surface area (Å²) < 4.78 is 7.76. The summed E-state index contributed by atoms with van der Waals surface area (Å²) in [6, 6.07) is 13.2. The topological polar surface area (TPSA) is 85.2 Å². The monoisotopic (exact) mass is 378 g/mol. The minimum absolute atomic E-state index is 0.0184. The fraction of sp³-hybridized carbons (Fsp3) is 0.300. The van der Waals surface area contributed by atoms with Crippen molar-refractivity contribution in [3.63, 3.8) is 0 Å². The maximum Gasteiger partial charge on any atom is 0.321 e. The van der Waals surface area contributed by atoms with Gasteiger partial charge in [-0.25, -0.2) is 4.79 Å². The average molecular weight is 378 g/mol. The number of anilines is 1. The number of carbonyl (C=O) groups excluding carboxylic acids is 1. The molecule has 0 spiro atoms. The Morgan fingerprint density at radius 1 is 1.18 bits per heavy atom. The van der Waals surface area contributed by atoms with Gasteiger partial charge in [0.25, 0.3) is 0 Å². The fourth-order valence-corrected chi connectivity index (χ4v) is 3.23. The molecule has 3 heterocycles. The van der Waals surface area contributed by atoms with Crippen molar-refractivity contribution in [3.05, 3.63) is 67.0 Å². The van der Waals surface area contributed by atoms with Crippen molar-refractivity contribution in [2.24, 2.45) is 0 Å². The Bertz CT molecular complexity index is 900. The van der Waals surface area contributed by atoms with Crippen LogP contribution in [0, 0.1) is 0 Å². The molecule has 0 unspecified atom stereocenters. The molecule has 1 saturated heterocycles. The number of nitrogens with zero attached hydrogens (tertiary/aromatic N) is 5. The molecule has 0 aliphatic carbocycles. The van der Waals surface area contributed by atoms with Gasteiger partial charge in [0, 0.05) is 25.0 Å². The van der Waals surface area contributed by atoms with Gasteiger partial charge in [-0.05, 0) is 43.2 Å². The number of benzene rings is 1. The molecular formula is C20H22N6O2. The lowest BCUT2D eigenvalue weighted by molar-refractivity contribution is -0.000325. The minimum Gasteiger partial charge on any atom is -0.370 e. The van der Waals surface area contributed by atoms with Gasteiger partial charge in [-0.3, -0.25) is 9.55 Å². The fourth-order valence-electron chi connectivity index (χ4n) is 3.23. The molecule has 3 aromatic rings. The van der Waals surface area contributed by atoms with E-state index in [1.54, 1.807) is 28.3 Å². The second-order valence-corrected chi connectivity index (χ2v) is 6.69. The van der Waals surface area contributed by atoms with Crippen LogP contribution in [0.25, 0.3) is 5.69 Å². The molecule has 1 fully saturated rings. The van der Waals surface area contributed by atoms with E-state index in [0.29, 0.717) is 13.2 Å². The van der Waals surface area contributed by atoms with Gasteiger partial charge in [0.2, 0.25) is 0 Å². The largest absolute Gasteiger partial charge is 0.370 e. The molecule has 0 bridgehead atoms.